The van der Waals surface area contributed by atoms with Gasteiger partial charge in [-0.3, -0.25) is 9.69 Å². The number of benzene rings is 1. The normalized spacial score (nSPS) is 22.4. The zero-order chi connectivity index (χ0) is 15.5. The zero-order valence-corrected chi connectivity index (χ0v) is 12.6. The summed E-state index contributed by atoms with van der Waals surface area (Å²) >= 11 is 0. The molecule has 21 heavy (non-hydrogen) atoms. The number of likely N-dealkylation sites (tertiary alicyclic amines) is 1. The molecular weight excluding hydrogens is 270 g/mol. The molecule has 2 rings (SSSR count). The molecule has 1 aliphatic rings. The van der Waals surface area contributed by atoms with Gasteiger partial charge in [-0.25, -0.2) is 0 Å². The number of hydrogen-bond donors (Lipinski definition) is 2. The second kappa shape index (κ2) is 6.35. The van der Waals surface area contributed by atoms with Crippen molar-refractivity contribution in [2.75, 3.05) is 13.2 Å². The number of hydrogen-bond acceptors (Lipinski definition) is 4. The van der Waals surface area contributed by atoms with Gasteiger partial charge in [-0.15, -0.1) is 0 Å². The third-order valence-electron chi connectivity index (χ3n) is 4.35. The Morgan fingerprint density at radius 3 is 2.81 bits per heavy atom. The Balaban J connectivity index is 2.25. The van der Waals surface area contributed by atoms with E-state index in [-0.39, 0.29) is 5.75 Å². The standard InChI is InChI=1S/C16H23NO4/c1-3-16(15(19)20)9-6-10-17(16)11-12-7-5-8-13(14(12)18)21-4-2/h5,7-8,18H,3-4,6,9-11H2,1-2H3,(H,19,20). The van der Waals surface area contributed by atoms with Crippen molar-refractivity contribution in [3.05, 3.63) is 23.8 Å². The maximum Gasteiger partial charge on any atom is 0.324 e. The molecule has 1 atom stereocenters. The first-order chi connectivity index (χ1) is 10.0. The maximum absolute atomic E-state index is 11.7. The summed E-state index contributed by atoms with van der Waals surface area (Å²) in [5.74, 6) is -0.212. The summed E-state index contributed by atoms with van der Waals surface area (Å²) in [6.45, 7) is 5.40. The fraction of sp³-hybridized carbons (Fsp3) is 0.562. The highest BCUT2D eigenvalue weighted by atomic mass is 16.5. The third-order valence-corrected chi connectivity index (χ3v) is 4.35. The van der Waals surface area contributed by atoms with Gasteiger partial charge < -0.3 is 14.9 Å². The van der Waals surface area contributed by atoms with Crippen LogP contribution in [-0.4, -0.2) is 39.8 Å². The van der Waals surface area contributed by atoms with E-state index >= 15 is 0 Å². The molecule has 2 N–H and O–H groups in total. The number of ether oxygens (including phenoxy) is 1. The Bertz CT molecular complexity index is 517. The summed E-state index contributed by atoms with van der Waals surface area (Å²) in [6, 6.07) is 5.36. The number of aromatic hydroxyl groups is 1. The predicted molar refractivity (Wildman–Crippen MR) is 79.6 cm³/mol. The minimum atomic E-state index is -0.811. The van der Waals surface area contributed by atoms with Gasteiger partial charge in [0.2, 0.25) is 0 Å². The first-order valence-corrected chi connectivity index (χ1v) is 7.47. The molecule has 1 aromatic carbocycles. The van der Waals surface area contributed by atoms with E-state index in [2.05, 4.69) is 0 Å². The van der Waals surface area contributed by atoms with E-state index in [9.17, 15) is 15.0 Å². The lowest BCUT2D eigenvalue weighted by Gasteiger charge is -2.34. The second-order valence-electron chi connectivity index (χ2n) is 5.41. The lowest BCUT2D eigenvalue weighted by atomic mass is 9.92. The highest BCUT2D eigenvalue weighted by molar-refractivity contribution is 5.79. The summed E-state index contributed by atoms with van der Waals surface area (Å²) < 4.78 is 5.38. The molecule has 1 saturated heterocycles. The Morgan fingerprint density at radius 1 is 1.43 bits per heavy atom. The molecule has 0 aromatic heterocycles. The zero-order valence-electron chi connectivity index (χ0n) is 12.6. The molecule has 0 radical (unpaired) electrons. The minimum Gasteiger partial charge on any atom is -0.504 e. The average molecular weight is 293 g/mol. The quantitative estimate of drug-likeness (QED) is 0.843. The summed E-state index contributed by atoms with van der Waals surface area (Å²) in [5, 5.41) is 19.9. The fourth-order valence-corrected chi connectivity index (χ4v) is 3.13. The van der Waals surface area contributed by atoms with E-state index in [0.717, 1.165) is 13.0 Å². The summed E-state index contributed by atoms with van der Waals surface area (Å²) in [4.78, 5) is 13.6. The monoisotopic (exact) mass is 293 g/mol. The van der Waals surface area contributed by atoms with Gasteiger partial charge in [-0.2, -0.15) is 0 Å². The van der Waals surface area contributed by atoms with Gasteiger partial charge >= 0.3 is 5.97 Å². The summed E-state index contributed by atoms with van der Waals surface area (Å²) in [7, 11) is 0. The molecule has 116 valence electrons. The number of para-hydroxylation sites is 1. The van der Waals surface area contributed by atoms with E-state index in [1.807, 2.05) is 30.9 Å². The predicted octanol–water partition coefficient (Wildman–Crippen LogP) is 2.62. The number of carbonyl (C=O) groups is 1. The van der Waals surface area contributed by atoms with Crippen molar-refractivity contribution in [1.82, 2.24) is 4.90 Å². The van der Waals surface area contributed by atoms with Gasteiger partial charge in [0.05, 0.1) is 6.61 Å². The van der Waals surface area contributed by atoms with Crippen molar-refractivity contribution >= 4 is 5.97 Å². The highest BCUT2D eigenvalue weighted by Crippen LogP contribution is 2.37. The van der Waals surface area contributed by atoms with Gasteiger partial charge in [0.25, 0.3) is 0 Å². The van der Waals surface area contributed by atoms with Crippen LogP contribution in [0.2, 0.25) is 0 Å². The van der Waals surface area contributed by atoms with Crippen LogP contribution in [0.4, 0.5) is 0 Å². The minimum absolute atomic E-state index is 0.113. The molecule has 0 bridgehead atoms. The van der Waals surface area contributed by atoms with Gasteiger partial charge in [0, 0.05) is 12.1 Å². The van der Waals surface area contributed by atoms with Gasteiger partial charge in [0.15, 0.2) is 11.5 Å². The Labute approximate surface area is 125 Å². The second-order valence-corrected chi connectivity index (χ2v) is 5.41. The number of carboxylic acid groups (broad SMARTS) is 1. The molecule has 0 spiro atoms. The van der Waals surface area contributed by atoms with E-state index in [1.54, 1.807) is 6.07 Å². The van der Waals surface area contributed by atoms with Crippen LogP contribution in [0.1, 0.15) is 38.7 Å². The molecule has 0 aliphatic carbocycles. The third kappa shape index (κ3) is 2.83. The van der Waals surface area contributed by atoms with Gasteiger partial charge in [-0.05, 0) is 38.8 Å². The molecule has 1 unspecified atom stereocenters. The van der Waals surface area contributed by atoms with Crippen molar-refractivity contribution in [2.24, 2.45) is 0 Å². The van der Waals surface area contributed by atoms with E-state index < -0.39 is 11.5 Å². The number of carboxylic acids is 1. The molecule has 5 heteroatoms. The van der Waals surface area contributed by atoms with E-state index in [4.69, 9.17) is 4.74 Å². The van der Waals surface area contributed by atoms with Crippen LogP contribution in [-0.2, 0) is 11.3 Å². The Morgan fingerprint density at radius 2 is 2.19 bits per heavy atom. The fourth-order valence-electron chi connectivity index (χ4n) is 3.13. The van der Waals surface area contributed by atoms with Crippen LogP contribution in [0.15, 0.2) is 18.2 Å². The van der Waals surface area contributed by atoms with Crippen LogP contribution in [0.3, 0.4) is 0 Å². The molecule has 0 saturated carbocycles. The molecular formula is C16H23NO4. The number of phenolic OH excluding ortho intramolecular Hbond substituents is 1. The molecule has 1 aliphatic heterocycles. The van der Waals surface area contributed by atoms with Crippen LogP contribution in [0.5, 0.6) is 11.5 Å². The van der Waals surface area contributed by atoms with Crippen LogP contribution >= 0.6 is 0 Å². The van der Waals surface area contributed by atoms with Gasteiger partial charge in [0.1, 0.15) is 5.54 Å². The van der Waals surface area contributed by atoms with Crippen LogP contribution in [0, 0.1) is 0 Å². The van der Waals surface area contributed by atoms with Crippen molar-refractivity contribution in [3.8, 4) is 11.5 Å². The average Bonchev–Trinajstić information content (AvgIpc) is 2.87. The smallest absolute Gasteiger partial charge is 0.324 e. The number of nitrogens with zero attached hydrogens (tertiary/aromatic N) is 1. The molecule has 5 nitrogen and oxygen atoms in total. The highest BCUT2D eigenvalue weighted by Gasteiger charge is 2.46. The number of phenols is 1. The molecule has 1 fully saturated rings. The molecule has 0 amide bonds. The molecule has 1 aromatic rings. The van der Waals surface area contributed by atoms with Gasteiger partial charge in [-0.1, -0.05) is 19.1 Å². The molecule has 1 heterocycles. The van der Waals surface area contributed by atoms with Crippen molar-refractivity contribution in [1.29, 1.82) is 0 Å². The first-order valence-electron chi connectivity index (χ1n) is 7.47. The SMILES string of the molecule is CCOc1cccc(CN2CCCC2(CC)C(=O)O)c1O. The van der Waals surface area contributed by atoms with E-state index in [0.29, 0.717) is 37.3 Å². The van der Waals surface area contributed by atoms with Crippen molar-refractivity contribution < 1.29 is 19.7 Å². The largest absolute Gasteiger partial charge is 0.504 e. The van der Waals surface area contributed by atoms with Crippen LogP contribution in [0.25, 0.3) is 0 Å². The number of rotatable bonds is 6. The van der Waals surface area contributed by atoms with Crippen LogP contribution < -0.4 is 4.74 Å². The van der Waals surface area contributed by atoms with Crippen molar-refractivity contribution in [2.45, 2.75) is 45.2 Å². The lowest BCUT2D eigenvalue weighted by Crippen LogP contribution is -2.49. The lowest BCUT2D eigenvalue weighted by molar-refractivity contribution is -0.150. The van der Waals surface area contributed by atoms with Crippen molar-refractivity contribution in [3.63, 3.8) is 0 Å². The van der Waals surface area contributed by atoms with E-state index in [1.165, 1.54) is 0 Å². The maximum atomic E-state index is 11.7. The summed E-state index contributed by atoms with van der Waals surface area (Å²) in [5.41, 5.74) is -0.101. The summed E-state index contributed by atoms with van der Waals surface area (Å²) in [6.07, 6.45) is 2.09. The Kier molecular flexibility index (Phi) is 4.73. The number of aliphatic carboxylic acids is 1. The Hall–Kier alpha value is -1.75. The topological polar surface area (TPSA) is 70.0 Å². The first kappa shape index (κ1) is 15.6.